The van der Waals surface area contributed by atoms with E-state index in [9.17, 15) is 4.79 Å². The van der Waals surface area contributed by atoms with E-state index in [2.05, 4.69) is 84.8 Å². The summed E-state index contributed by atoms with van der Waals surface area (Å²) in [5.41, 5.74) is 8.17. The van der Waals surface area contributed by atoms with Crippen molar-refractivity contribution in [3.63, 3.8) is 0 Å². The third-order valence-electron chi connectivity index (χ3n) is 8.07. The van der Waals surface area contributed by atoms with Gasteiger partial charge >= 0.3 is 0 Å². The molecule has 256 valence electrons. The molecule has 0 spiro atoms. The van der Waals surface area contributed by atoms with Gasteiger partial charge in [0.15, 0.2) is 0 Å². The number of nitrogens with zero attached hydrogens (tertiary/aromatic N) is 1. The van der Waals surface area contributed by atoms with Crippen LogP contribution in [0.25, 0.3) is 0 Å². The van der Waals surface area contributed by atoms with Gasteiger partial charge in [0.2, 0.25) is 5.91 Å². The molecule has 0 bridgehead atoms. The fraction of sp³-hybridized carbons (Fsp3) is 0.639. The van der Waals surface area contributed by atoms with Crippen LogP contribution in [0, 0.1) is 0 Å². The maximum atomic E-state index is 12.6. The van der Waals surface area contributed by atoms with Crippen molar-refractivity contribution in [2.75, 3.05) is 39.4 Å². The maximum absolute atomic E-state index is 12.6. The Morgan fingerprint density at radius 3 is 1.89 bits per heavy atom. The maximum Gasteiger partial charge on any atom is 0.223 e. The molecule has 10 heteroatoms. The molecule has 2 fully saturated rings. The molecule has 2 unspecified atom stereocenters. The largest absolute Gasteiger partial charge is 0.493 e. The van der Waals surface area contributed by atoms with Crippen LogP contribution in [0.2, 0.25) is 0 Å². The van der Waals surface area contributed by atoms with Gasteiger partial charge in [-0.05, 0) is 103 Å². The minimum Gasteiger partial charge on any atom is -0.493 e. The summed E-state index contributed by atoms with van der Waals surface area (Å²) in [5.74, 6) is 2.31. The molecule has 46 heavy (non-hydrogen) atoms. The minimum absolute atomic E-state index is 0.0345. The highest BCUT2D eigenvalue weighted by Crippen LogP contribution is 2.38. The first kappa shape index (κ1) is 37.1. The van der Waals surface area contributed by atoms with Crippen LogP contribution in [0.1, 0.15) is 96.7 Å². The van der Waals surface area contributed by atoms with Crippen LogP contribution in [-0.4, -0.2) is 73.6 Å². The number of fused-ring (bicyclic) bond motifs is 2. The molecule has 4 aliphatic rings. The summed E-state index contributed by atoms with van der Waals surface area (Å²) >= 11 is 6.91. The van der Waals surface area contributed by atoms with Crippen molar-refractivity contribution in [2.24, 2.45) is 5.73 Å². The lowest BCUT2D eigenvalue weighted by molar-refractivity contribution is -0.157. The van der Waals surface area contributed by atoms with Gasteiger partial charge < -0.3 is 34.9 Å². The molecule has 4 heterocycles. The highest BCUT2D eigenvalue weighted by atomic mass is 79.9. The Hall–Kier alpha value is -1.69. The number of hydrogen-bond acceptors (Lipinski definition) is 7. The lowest BCUT2D eigenvalue weighted by atomic mass is 9.90. The van der Waals surface area contributed by atoms with Crippen LogP contribution in [0.4, 0.5) is 0 Å². The van der Waals surface area contributed by atoms with Crippen molar-refractivity contribution < 1.29 is 23.7 Å². The molecule has 0 aliphatic carbocycles. The van der Waals surface area contributed by atoms with Crippen LogP contribution in [-0.2, 0) is 14.3 Å². The van der Waals surface area contributed by atoms with Gasteiger partial charge in [0, 0.05) is 53.2 Å². The third-order valence-corrected chi connectivity index (χ3v) is 9.05. The zero-order valence-electron chi connectivity index (χ0n) is 28.4. The van der Waals surface area contributed by atoms with Gasteiger partial charge in [0.25, 0.3) is 0 Å². The Morgan fingerprint density at radius 1 is 0.848 bits per heavy atom. The number of hydrogen-bond donors (Lipinski definition) is 2. The summed E-state index contributed by atoms with van der Waals surface area (Å²) in [4.78, 5) is 14.5. The van der Waals surface area contributed by atoms with Crippen LogP contribution in [0.3, 0.4) is 0 Å². The summed E-state index contributed by atoms with van der Waals surface area (Å²) < 4.78 is 25.0. The molecule has 2 saturated heterocycles. The number of benzene rings is 2. The second kappa shape index (κ2) is 16.6. The highest BCUT2D eigenvalue weighted by molar-refractivity contribution is 9.10. The Balaban J connectivity index is 0.000000181. The average Bonchev–Trinajstić information content (AvgIpc) is 3.23. The van der Waals surface area contributed by atoms with E-state index >= 15 is 0 Å². The molecule has 6 rings (SSSR count). The molecule has 3 N–H and O–H groups in total. The van der Waals surface area contributed by atoms with Crippen LogP contribution >= 0.6 is 31.9 Å². The summed E-state index contributed by atoms with van der Waals surface area (Å²) in [5, 5.41) is 3.16. The van der Waals surface area contributed by atoms with Crippen molar-refractivity contribution in [2.45, 2.75) is 109 Å². The number of likely N-dealkylation sites (tertiary alicyclic amines) is 1. The van der Waals surface area contributed by atoms with Crippen LogP contribution in [0.5, 0.6) is 11.5 Å². The molecule has 4 aliphatic heterocycles. The fourth-order valence-corrected chi connectivity index (χ4v) is 6.51. The Bertz CT molecular complexity index is 1290. The first-order valence-electron chi connectivity index (χ1n) is 16.6. The monoisotopic (exact) mass is 765 g/mol. The standard InChI is InChI=1S/C19H26BrNO3.C10H12BrNO.C7H15NO/c1-19(2,3)24-15-11-21(12-15)18(22)9-13-5-4-8-23-17-10-14(20)6-7-16(13)17;11-7-3-4-8-9(12)2-1-5-13-10(8)6-7;1-7(2,3)9-6-4-8-5-6/h6-7,10,13,15H,4-5,8-9,11-12H2,1-3H3;3-4,6,9H,1-2,5,12H2;6,8H,4-5H2,1-3H3. The van der Waals surface area contributed by atoms with E-state index in [4.69, 9.17) is 24.7 Å². The highest BCUT2D eigenvalue weighted by Gasteiger charge is 2.35. The number of halogens is 2. The summed E-state index contributed by atoms with van der Waals surface area (Å²) in [6, 6.07) is 12.3. The summed E-state index contributed by atoms with van der Waals surface area (Å²) in [6.07, 6.45) is 5.22. The lowest BCUT2D eigenvalue weighted by Gasteiger charge is -2.42. The number of amides is 1. The Morgan fingerprint density at radius 2 is 1.37 bits per heavy atom. The average molecular weight is 768 g/mol. The lowest BCUT2D eigenvalue weighted by Crippen LogP contribution is -2.56. The summed E-state index contributed by atoms with van der Waals surface area (Å²) in [6.45, 7) is 17.4. The van der Waals surface area contributed by atoms with E-state index in [0.29, 0.717) is 25.6 Å². The first-order valence-corrected chi connectivity index (χ1v) is 18.2. The minimum atomic E-state index is -0.148. The van der Waals surface area contributed by atoms with Gasteiger partial charge in [-0.25, -0.2) is 0 Å². The molecular formula is C36H53Br2N3O5. The number of nitrogens with one attached hydrogen (secondary N) is 1. The molecule has 2 aromatic rings. The molecular weight excluding hydrogens is 714 g/mol. The van der Waals surface area contributed by atoms with Crippen molar-refractivity contribution in [1.82, 2.24) is 10.2 Å². The summed E-state index contributed by atoms with van der Waals surface area (Å²) in [7, 11) is 0. The van der Waals surface area contributed by atoms with Gasteiger partial charge in [-0.2, -0.15) is 0 Å². The molecule has 1 amide bonds. The second-order valence-electron chi connectivity index (χ2n) is 14.5. The molecule has 0 radical (unpaired) electrons. The molecule has 2 atom stereocenters. The van der Waals surface area contributed by atoms with Crippen molar-refractivity contribution in [1.29, 1.82) is 0 Å². The van der Waals surface area contributed by atoms with E-state index in [1.807, 2.05) is 35.2 Å². The molecule has 8 nitrogen and oxygen atoms in total. The van der Waals surface area contributed by atoms with Crippen LogP contribution in [0.15, 0.2) is 45.3 Å². The quantitative estimate of drug-likeness (QED) is 0.333. The number of carbonyl (C=O) groups is 1. The smallest absolute Gasteiger partial charge is 0.223 e. The Labute approximate surface area is 292 Å². The fourth-order valence-electron chi connectivity index (χ4n) is 5.83. The van der Waals surface area contributed by atoms with Gasteiger partial charge in [-0.3, -0.25) is 4.79 Å². The molecule has 2 aromatic carbocycles. The topological polar surface area (TPSA) is 95.3 Å². The zero-order valence-corrected chi connectivity index (χ0v) is 31.5. The van der Waals surface area contributed by atoms with E-state index in [1.54, 1.807) is 0 Å². The number of ether oxygens (including phenoxy) is 4. The van der Waals surface area contributed by atoms with E-state index in [-0.39, 0.29) is 35.2 Å². The number of nitrogens with two attached hydrogens (primary N) is 1. The third kappa shape index (κ3) is 11.8. The van der Waals surface area contributed by atoms with Crippen molar-refractivity contribution >= 4 is 37.8 Å². The SMILES string of the molecule is CC(C)(C)OC1CN(C(=O)CC2CCCOc3cc(Br)ccc32)C1.CC(C)(C)OC1CNC1.NC1CCCOc2cc(Br)ccc21. The first-order chi connectivity index (χ1) is 21.7. The predicted octanol–water partition coefficient (Wildman–Crippen LogP) is 7.52. The van der Waals surface area contributed by atoms with Gasteiger partial charge in [-0.1, -0.05) is 44.0 Å². The number of rotatable bonds is 4. The number of carbonyl (C=O) groups excluding carboxylic acids is 1. The van der Waals surface area contributed by atoms with Gasteiger partial charge in [0.1, 0.15) is 11.5 Å². The van der Waals surface area contributed by atoms with Crippen molar-refractivity contribution in [3.05, 3.63) is 56.5 Å². The normalized spacial score (nSPS) is 21.5. The van der Waals surface area contributed by atoms with Gasteiger partial charge in [0.05, 0.1) is 36.6 Å². The van der Waals surface area contributed by atoms with Gasteiger partial charge in [-0.15, -0.1) is 0 Å². The zero-order chi connectivity index (χ0) is 33.5. The second-order valence-corrected chi connectivity index (χ2v) is 16.3. The van der Waals surface area contributed by atoms with Crippen LogP contribution < -0.4 is 20.5 Å². The predicted molar refractivity (Wildman–Crippen MR) is 191 cm³/mol. The van der Waals surface area contributed by atoms with E-state index in [1.165, 1.54) is 0 Å². The molecule has 0 saturated carbocycles. The van der Waals surface area contributed by atoms with E-state index < -0.39 is 0 Å². The molecule has 0 aromatic heterocycles. The Kier molecular flexibility index (Phi) is 13.4. The van der Waals surface area contributed by atoms with Crippen molar-refractivity contribution in [3.8, 4) is 11.5 Å². The van der Waals surface area contributed by atoms with E-state index in [0.717, 1.165) is 83.6 Å².